The van der Waals surface area contributed by atoms with E-state index in [1.807, 2.05) is 30.3 Å². The van der Waals surface area contributed by atoms with Crippen molar-refractivity contribution in [2.75, 3.05) is 13.2 Å². The molecule has 7 heteroatoms. The molecule has 0 spiro atoms. The Labute approximate surface area is 157 Å². The van der Waals surface area contributed by atoms with Gasteiger partial charge in [0.15, 0.2) is 5.75 Å². The molecule has 1 heterocycles. The second kappa shape index (κ2) is 9.14. The first-order chi connectivity index (χ1) is 13.1. The minimum Gasteiger partial charge on any atom is -0.482 e. The van der Waals surface area contributed by atoms with Gasteiger partial charge in [-0.05, 0) is 30.0 Å². The molecule has 0 saturated carbocycles. The van der Waals surface area contributed by atoms with Gasteiger partial charge in [0, 0.05) is 19.2 Å². The summed E-state index contributed by atoms with van der Waals surface area (Å²) in [4.78, 5) is 22.9. The first-order valence-electron chi connectivity index (χ1n) is 8.94. The maximum absolute atomic E-state index is 12.1. The molecule has 0 aromatic heterocycles. The van der Waals surface area contributed by atoms with Crippen molar-refractivity contribution < 1.29 is 19.2 Å². The van der Waals surface area contributed by atoms with E-state index in [9.17, 15) is 14.9 Å². The average Bonchev–Trinajstić information content (AvgIpc) is 3.19. The summed E-state index contributed by atoms with van der Waals surface area (Å²) in [6.45, 7) is 1.45. The minimum absolute atomic E-state index is 0.0792. The van der Waals surface area contributed by atoms with Gasteiger partial charge in [-0.2, -0.15) is 0 Å². The quantitative estimate of drug-likeness (QED) is 0.570. The van der Waals surface area contributed by atoms with Crippen molar-refractivity contribution in [1.82, 2.24) is 5.32 Å². The Morgan fingerprint density at radius 3 is 2.74 bits per heavy atom. The molecule has 3 rings (SSSR count). The third-order valence-corrected chi connectivity index (χ3v) is 4.37. The number of hydrogen-bond acceptors (Lipinski definition) is 5. The summed E-state index contributed by atoms with van der Waals surface area (Å²) in [5.41, 5.74) is 1.45. The first kappa shape index (κ1) is 18.8. The average molecular weight is 370 g/mol. The summed E-state index contributed by atoms with van der Waals surface area (Å²) in [5, 5.41) is 14.1. The number of carbonyl (C=O) groups is 1. The predicted molar refractivity (Wildman–Crippen MR) is 99.6 cm³/mol. The second-order valence-electron chi connectivity index (χ2n) is 6.45. The molecule has 2 aromatic rings. The molecule has 7 nitrogen and oxygen atoms in total. The lowest BCUT2D eigenvalue weighted by Crippen LogP contribution is -2.32. The molecule has 2 aromatic carbocycles. The number of nitro benzene ring substituents is 1. The Balaban J connectivity index is 1.63. The lowest BCUT2D eigenvalue weighted by atomic mass is 10.1. The van der Waals surface area contributed by atoms with Crippen LogP contribution in [0, 0.1) is 10.1 Å². The van der Waals surface area contributed by atoms with Gasteiger partial charge < -0.3 is 14.8 Å². The maximum atomic E-state index is 12.1. The van der Waals surface area contributed by atoms with Gasteiger partial charge in [-0.25, -0.2) is 0 Å². The van der Waals surface area contributed by atoms with Crippen molar-refractivity contribution in [2.24, 2.45) is 0 Å². The van der Waals surface area contributed by atoms with Crippen LogP contribution < -0.4 is 10.1 Å². The first-order valence-corrected chi connectivity index (χ1v) is 8.94. The Morgan fingerprint density at radius 2 is 2.04 bits per heavy atom. The topological polar surface area (TPSA) is 90.7 Å². The SMILES string of the molecule is O=C(Cc1ccc([N+](=O)[O-])c(OCc2ccccc2)c1)NCC1CCCO1. The molecule has 1 atom stereocenters. The van der Waals surface area contributed by atoms with Gasteiger partial charge in [0.1, 0.15) is 6.61 Å². The fourth-order valence-electron chi connectivity index (χ4n) is 2.95. The van der Waals surface area contributed by atoms with E-state index in [0.717, 1.165) is 25.0 Å². The number of rotatable bonds is 8. The molecule has 1 fully saturated rings. The maximum Gasteiger partial charge on any atom is 0.310 e. The van der Waals surface area contributed by atoms with E-state index in [4.69, 9.17) is 9.47 Å². The normalized spacial score (nSPS) is 16.1. The summed E-state index contributed by atoms with van der Waals surface area (Å²) in [5.74, 6) is 0.0154. The predicted octanol–water partition coefficient (Wildman–Crippen LogP) is 3.01. The number of hydrogen-bond donors (Lipinski definition) is 1. The van der Waals surface area contributed by atoms with E-state index < -0.39 is 4.92 Å². The van der Waals surface area contributed by atoms with Crippen molar-refractivity contribution in [3.8, 4) is 5.75 Å². The molecule has 1 saturated heterocycles. The lowest BCUT2D eigenvalue weighted by Gasteiger charge is -2.12. The summed E-state index contributed by atoms with van der Waals surface area (Å²) in [7, 11) is 0. The van der Waals surface area contributed by atoms with E-state index in [1.165, 1.54) is 6.07 Å². The molecule has 142 valence electrons. The van der Waals surface area contributed by atoms with Gasteiger partial charge in [0.05, 0.1) is 17.4 Å². The highest BCUT2D eigenvalue weighted by atomic mass is 16.6. The van der Waals surface area contributed by atoms with E-state index >= 15 is 0 Å². The van der Waals surface area contributed by atoms with E-state index in [2.05, 4.69) is 5.32 Å². The van der Waals surface area contributed by atoms with Gasteiger partial charge >= 0.3 is 5.69 Å². The largest absolute Gasteiger partial charge is 0.482 e. The van der Waals surface area contributed by atoms with Crippen molar-refractivity contribution in [3.05, 3.63) is 69.8 Å². The smallest absolute Gasteiger partial charge is 0.310 e. The van der Waals surface area contributed by atoms with Crippen LogP contribution in [0.4, 0.5) is 5.69 Å². The minimum atomic E-state index is -0.485. The molecule has 0 radical (unpaired) electrons. The summed E-state index contributed by atoms with van der Waals surface area (Å²) in [6, 6.07) is 13.9. The molecular weight excluding hydrogens is 348 g/mol. The Morgan fingerprint density at radius 1 is 1.22 bits per heavy atom. The molecule has 1 aliphatic heterocycles. The highest BCUT2D eigenvalue weighted by Gasteiger charge is 2.18. The van der Waals surface area contributed by atoms with E-state index in [0.29, 0.717) is 12.1 Å². The monoisotopic (exact) mass is 370 g/mol. The number of amides is 1. The van der Waals surface area contributed by atoms with Crippen LogP contribution in [0.15, 0.2) is 48.5 Å². The van der Waals surface area contributed by atoms with Crippen LogP contribution in [0.2, 0.25) is 0 Å². The summed E-state index contributed by atoms with van der Waals surface area (Å²) < 4.78 is 11.1. The Bertz CT molecular complexity index is 788. The highest BCUT2D eigenvalue weighted by molar-refractivity contribution is 5.78. The Hall–Kier alpha value is -2.93. The number of nitrogens with zero attached hydrogens (tertiary/aromatic N) is 1. The fourth-order valence-corrected chi connectivity index (χ4v) is 2.95. The van der Waals surface area contributed by atoms with Crippen LogP contribution in [0.25, 0.3) is 0 Å². The van der Waals surface area contributed by atoms with Crippen molar-refractivity contribution in [1.29, 1.82) is 0 Å². The molecule has 0 bridgehead atoms. The second-order valence-corrected chi connectivity index (χ2v) is 6.45. The van der Waals surface area contributed by atoms with Gasteiger partial charge in [0.25, 0.3) is 0 Å². The molecular formula is C20H22N2O5. The third-order valence-electron chi connectivity index (χ3n) is 4.37. The molecule has 1 aliphatic rings. The lowest BCUT2D eigenvalue weighted by molar-refractivity contribution is -0.386. The summed E-state index contributed by atoms with van der Waals surface area (Å²) >= 11 is 0. The third kappa shape index (κ3) is 5.52. The van der Waals surface area contributed by atoms with Crippen LogP contribution in [0.3, 0.4) is 0 Å². The van der Waals surface area contributed by atoms with Gasteiger partial charge in [-0.15, -0.1) is 0 Å². The zero-order valence-corrected chi connectivity index (χ0v) is 14.9. The standard InChI is InChI=1S/C20H22N2O5/c23-20(21-13-17-7-4-10-26-17)12-16-8-9-18(22(24)25)19(11-16)27-14-15-5-2-1-3-6-15/h1-3,5-6,8-9,11,17H,4,7,10,12-14H2,(H,21,23). The molecule has 1 unspecified atom stereocenters. The highest BCUT2D eigenvalue weighted by Crippen LogP contribution is 2.29. The molecule has 1 N–H and O–H groups in total. The molecule has 27 heavy (non-hydrogen) atoms. The van der Waals surface area contributed by atoms with Crippen molar-refractivity contribution in [2.45, 2.75) is 32.0 Å². The van der Waals surface area contributed by atoms with Crippen LogP contribution >= 0.6 is 0 Å². The Kier molecular flexibility index (Phi) is 6.38. The van der Waals surface area contributed by atoms with E-state index in [-0.39, 0.29) is 36.5 Å². The molecule has 0 aliphatic carbocycles. The zero-order chi connectivity index (χ0) is 19.1. The fraction of sp³-hybridized carbons (Fsp3) is 0.350. The number of carbonyl (C=O) groups excluding carboxylic acids is 1. The van der Waals surface area contributed by atoms with Crippen LogP contribution in [0.1, 0.15) is 24.0 Å². The number of ether oxygens (including phenoxy) is 2. The number of nitro groups is 1. The van der Waals surface area contributed by atoms with Crippen LogP contribution in [-0.2, 0) is 22.6 Å². The summed E-state index contributed by atoms with van der Waals surface area (Å²) in [6.07, 6.45) is 2.18. The van der Waals surface area contributed by atoms with Gasteiger partial charge in [-0.1, -0.05) is 36.4 Å². The van der Waals surface area contributed by atoms with Crippen LogP contribution in [-0.4, -0.2) is 30.1 Å². The number of nitrogens with one attached hydrogen (secondary N) is 1. The van der Waals surface area contributed by atoms with Gasteiger partial charge in [0.2, 0.25) is 5.91 Å². The number of benzene rings is 2. The van der Waals surface area contributed by atoms with Gasteiger partial charge in [-0.3, -0.25) is 14.9 Å². The van der Waals surface area contributed by atoms with Crippen molar-refractivity contribution in [3.63, 3.8) is 0 Å². The molecule has 1 amide bonds. The van der Waals surface area contributed by atoms with Crippen LogP contribution in [0.5, 0.6) is 5.75 Å². The van der Waals surface area contributed by atoms with Crippen molar-refractivity contribution >= 4 is 11.6 Å². The van der Waals surface area contributed by atoms with E-state index in [1.54, 1.807) is 12.1 Å². The zero-order valence-electron chi connectivity index (χ0n) is 14.9.